The summed E-state index contributed by atoms with van der Waals surface area (Å²) in [6.07, 6.45) is 6.79. The Bertz CT molecular complexity index is 1840. The van der Waals surface area contributed by atoms with E-state index < -0.39 is 15.8 Å². The summed E-state index contributed by atoms with van der Waals surface area (Å²) in [7, 11) is -2.80. The SMILES string of the molecule is CCn1nc(-c2ccc(NS(=O)(=O)c3cc(OC)ccc3Cl)c(F)c2)c2c(N)ncc(C3=CC[C@@H](NC4COC4)CC3)c21. The molecule has 2 aromatic carbocycles. The highest BCUT2D eigenvalue weighted by atomic mass is 35.5. The number of benzene rings is 2. The first-order valence-electron chi connectivity index (χ1n) is 14.0. The van der Waals surface area contributed by atoms with Crippen LogP contribution in [0, 0.1) is 5.82 Å². The van der Waals surface area contributed by atoms with Gasteiger partial charge in [-0.25, -0.2) is 17.8 Å². The Kier molecular flexibility index (Phi) is 8.03. The van der Waals surface area contributed by atoms with Crippen molar-refractivity contribution in [3.63, 3.8) is 0 Å². The van der Waals surface area contributed by atoms with E-state index in [0.717, 1.165) is 43.6 Å². The van der Waals surface area contributed by atoms with Gasteiger partial charge in [0.15, 0.2) is 0 Å². The molecule has 1 atom stereocenters. The van der Waals surface area contributed by atoms with Gasteiger partial charge in [0.2, 0.25) is 0 Å². The minimum atomic E-state index is -4.21. The smallest absolute Gasteiger partial charge is 0.263 e. The molecular formula is C30H32ClFN6O4S. The molecule has 3 heterocycles. The number of nitrogen functional groups attached to an aromatic ring is 1. The number of nitrogens with one attached hydrogen (secondary N) is 2. The monoisotopic (exact) mass is 626 g/mol. The molecule has 0 bridgehead atoms. The number of anilines is 2. The van der Waals surface area contributed by atoms with Crippen LogP contribution in [0.3, 0.4) is 0 Å². The maximum Gasteiger partial charge on any atom is 0.263 e. The Morgan fingerprint density at radius 2 is 2.02 bits per heavy atom. The van der Waals surface area contributed by atoms with Gasteiger partial charge in [-0.3, -0.25) is 9.40 Å². The lowest BCUT2D eigenvalue weighted by atomic mass is 9.89. The van der Waals surface area contributed by atoms with Gasteiger partial charge >= 0.3 is 0 Å². The first-order chi connectivity index (χ1) is 20.7. The Morgan fingerprint density at radius 1 is 1.21 bits per heavy atom. The number of rotatable bonds is 9. The van der Waals surface area contributed by atoms with E-state index in [1.165, 1.54) is 43.0 Å². The van der Waals surface area contributed by atoms with Crippen molar-refractivity contribution in [2.24, 2.45) is 0 Å². The number of ether oxygens (including phenoxy) is 2. The number of aromatic nitrogens is 3. The fraction of sp³-hybridized carbons (Fsp3) is 0.333. The number of aryl methyl sites for hydroxylation is 1. The highest BCUT2D eigenvalue weighted by molar-refractivity contribution is 7.92. The lowest BCUT2D eigenvalue weighted by Crippen LogP contribution is -2.50. The molecule has 1 fully saturated rings. The number of hydrogen-bond donors (Lipinski definition) is 3. The van der Waals surface area contributed by atoms with Crippen LogP contribution >= 0.6 is 11.6 Å². The van der Waals surface area contributed by atoms with Crippen molar-refractivity contribution in [2.75, 3.05) is 30.8 Å². The van der Waals surface area contributed by atoms with E-state index >= 15 is 4.39 Å². The molecule has 0 amide bonds. The summed E-state index contributed by atoms with van der Waals surface area (Å²) < 4.78 is 56.1. The molecule has 6 rings (SSSR count). The molecule has 2 aromatic heterocycles. The molecule has 2 aliphatic rings. The Hall–Kier alpha value is -3.71. The summed E-state index contributed by atoms with van der Waals surface area (Å²) in [5.74, 6) is -0.201. The van der Waals surface area contributed by atoms with Crippen molar-refractivity contribution in [2.45, 2.75) is 49.7 Å². The predicted octanol–water partition coefficient (Wildman–Crippen LogP) is 5.23. The first kappa shape index (κ1) is 29.4. The number of hydrogen-bond acceptors (Lipinski definition) is 8. The van der Waals surface area contributed by atoms with Crippen LogP contribution in [-0.4, -0.2) is 55.6 Å². The Morgan fingerprint density at radius 3 is 2.67 bits per heavy atom. The summed E-state index contributed by atoms with van der Waals surface area (Å²) in [5, 5.41) is 9.05. The number of pyridine rings is 1. The normalized spacial score (nSPS) is 17.5. The van der Waals surface area contributed by atoms with Crippen LogP contribution in [0.1, 0.15) is 31.7 Å². The minimum absolute atomic E-state index is 0.0199. The van der Waals surface area contributed by atoms with Crippen LogP contribution < -0.4 is 20.5 Å². The number of fused-ring (bicyclic) bond motifs is 1. The Balaban J connectivity index is 1.33. The highest BCUT2D eigenvalue weighted by Crippen LogP contribution is 2.39. The van der Waals surface area contributed by atoms with Crippen LogP contribution in [0.4, 0.5) is 15.9 Å². The summed E-state index contributed by atoms with van der Waals surface area (Å²) in [6, 6.07) is 9.23. The van der Waals surface area contributed by atoms with Crippen LogP contribution in [0.5, 0.6) is 5.75 Å². The van der Waals surface area contributed by atoms with Crippen molar-refractivity contribution >= 4 is 49.6 Å². The number of sulfonamides is 1. The van der Waals surface area contributed by atoms with Crippen LogP contribution in [0.25, 0.3) is 27.7 Å². The predicted molar refractivity (Wildman–Crippen MR) is 165 cm³/mol. The summed E-state index contributed by atoms with van der Waals surface area (Å²) in [5.41, 5.74) is 10.0. The van der Waals surface area contributed by atoms with Gasteiger partial charge in [-0.1, -0.05) is 23.7 Å². The lowest BCUT2D eigenvalue weighted by molar-refractivity contribution is -0.0103. The third-order valence-electron chi connectivity index (χ3n) is 7.88. The number of allylic oxidation sites excluding steroid dienone is 1. The van der Waals surface area contributed by atoms with Crippen molar-refractivity contribution in [1.29, 1.82) is 0 Å². The van der Waals surface area contributed by atoms with Gasteiger partial charge in [-0.15, -0.1) is 0 Å². The zero-order valence-corrected chi connectivity index (χ0v) is 25.3. The third-order valence-corrected chi connectivity index (χ3v) is 9.72. The number of nitrogens with zero attached hydrogens (tertiary/aromatic N) is 3. The van der Waals surface area contributed by atoms with Crippen molar-refractivity contribution in [3.8, 4) is 17.0 Å². The third kappa shape index (κ3) is 5.67. The first-order valence-corrected chi connectivity index (χ1v) is 15.9. The van der Waals surface area contributed by atoms with Crippen molar-refractivity contribution in [1.82, 2.24) is 20.1 Å². The average molecular weight is 627 g/mol. The van der Waals surface area contributed by atoms with Crippen molar-refractivity contribution in [3.05, 3.63) is 65.1 Å². The van der Waals surface area contributed by atoms with Crippen LogP contribution in [0.2, 0.25) is 5.02 Å². The molecule has 0 unspecified atom stereocenters. The maximum absolute atomic E-state index is 15.5. The Labute approximate surface area is 254 Å². The molecule has 4 aromatic rings. The molecule has 43 heavy (non-hydrogen) atoms. The van der Waals surface area contributed by atoms with Crippen LogP contribution in [0.15, 0.2) is 53.6 Å². The second-order valence-electron chi connectivity index (χ2n) is 10.6. The van der Waals surface area contributed by atoms with Crippen LogP contribution in [-0.2, 0) is 21.3 Å². The molecule has 13 heteroatoms. The molecule has 226 valence electrons. The van der Waals surface area contributed by atoms with E-state index in [1.807, 2.05) is 11.6 Å². The standard InChI is InChI=1S/C30H32ClFN6O4S/c1-3-38-29-22(17-4-7-19(8-5-17)35-20-15-42-16-20)14-34-30(33)27(29)28(36-38)18-6-11-25(24(32)12-18)37-43(39,40)26-13-21(41-2)9-10-23(26)31/h4,6,9-14,19-20,35,37H,3,5,7-8,15-16H2,1-2H3,(H2,33,34)/t19-/m1/s1. The van der Waals surface area contributed by atoms with Gasteiger partial charge in [-0.05, 0) is 56.0 Å². The van der Waals surface area contributed by atoms with E-state index in [4.69, 9.17) is 31.9 Å². The molecule has 4 N–H and O–H groups in total. The van der Waals surface area contributed by atoms with Gasteiger partial charge in [0.05, 0.1) is 48.0 Å². The summed E-state index contributed by atoms with van der Waals surface area (Å²) in [6.45, 7) is 4.07. The molecule has 1 aliphatic heterocycles. The van der Waals surface area contributed by atoms with E-state index in [2.05, 4.69) is 21.1 Å². The molecule has 10 nitrogen and oxygen atoms in total. The molecule has 1 aliphatic carbocycles. The van der Waals surface area contributed by atoms with E-state index in [0.29, 0.717) is 41.0 Å². The van der Waals surface area contributed by atoms with E-state index in [-0.39, 0.29) is 21.4 Å². The maximum atomic E-state index is 15.5. The number of halogens is 2. The minimum Gasteiger partial charge on any atom is -0.497 e. The zero-order chi connectivity index (χ0) is 30.3. The summed E-state index contributed by atoms with van der Waals surface area (Å²) >= 11 is 6.13. The fourth-order valence-corrected chi connectivity index (χ4v) is 7.14. The lowest BCUT2D eigenvalue weighted by Gasteiger charge is -2.33. The molecular weight excluding hydrogens is 595 g/mol. The molecule has 0 radical (unpaired) electrons. The van der Waals surface area contributed by atoms with Gasteiger partial charge in [-0.2, -0.15) is 5.10 Å². The van der Waals surface area contributed by atoms with Gasteiger partial charge in [0, 0.05) is 36.0 Å². The highest BCUT2D eigenvalue weighted by Gasteiger charge is 2.27. The second kappa shape index (κ2) is 11.8. The van der Waals surface area contributed by atoms with E-state index in [9.17, 15) is 8.42 Å². The zero-order valence-electron chi connectivity index (χ0n) is 23.7. The van der Waals surface area contributed by atoms with Gasteiger partial charge in [0.1, 0.15) is 28.0 Å². The number of nitrogens with two attached hydrogens (primary N) is 1. The molecule has 1 saturated heterocycles. The second-order valence-corrected chi connectivity index (χ2v) is 12.7. The quantitative estimate of drug-likeness (QED) is 0.230. The van der Waals surface area contributed by atoms with E-state index in [1.54, 1.807) is 12.3 Å². The topological polar surface area (TPSA) is 133 Å². The fourth-order valence-electron chi connectivity index (χ4n) is 5.56. The number of methoxy groups -OCH3 is 1. The van der Waals surface area contributed by atoms with Gasteiger partial charge in [0.25, 0.3) is 10.0 Å². The van der Waals surface area contributed by atoms with Gasteiger partial charge < -0.3 is 20.5 Å². The molecule has 0 spiro atoms. The largest absolute Gasteiger partial charge is 0.497 e. The van der Waals surface area contributed by atoms with Crippen molar-refractivity contribution < 1.29 is 22.3 Å². The molecule has 0 saturated carbocycles. The average Bonchev–Trinajstić information content (AvgIpc) is 3.37. The summed E-state index contributed by atoms with van der Waals surface area (Å²) in [4.78, 5) is 4.26.